The Hall–Kier alpha value is -3.20. The van der Waals surface area contributed by atoms with E-state index in [1.165, 1.54) is 5.56 Å². The summed E-state index contributed by atoms with van der Waals surface area (Å²) in [5, 5.41) is 11.9. The van der Waals surface area contributed by atoms with Crippen molar-refractivity contribution < 1.29 is 14.7 Å². The van der Waals surface area contributed by atoms with Gasteiger partial charge in [0.25, 0.3) is 11.5 Å². The van der Waals surface area contributed by atoms with Gasteiger partial charge in [0, 0.05) is 19.3 Å². The number of aliphatic hydroxyl groups is 1. The van der Waals surface area contributed by atoms with Gasteiger partial charge in [0.05, 0.1) is 6.61 Å². The zero-order valence-corrected chi connectivity index (χ0v) is 13.8. The van der Waals surface area contributed by atoms with Gasteiger partial charge in [0.2, 0.25) is 5.91 Å². The number of aliphatic hydroxyl groups excluding tert-OH is 1. The van der Waals surface area contributed by atoms with Gasteiger partial charge in [-0.1, -0.05) is 24.3 Å². The Kier molecular flexibility index (Phi) is 4.99. The van der Waals surface area contributed by atoms with Crippen LogP contribution in [0.15, 0.2) is 40.1 Å². The summed E-state index contributed by atoms with van der Waals surface area (Å²) in [6.07, 6.45) is 1.65. The highest BCUT2D eigenvalue weighted by Crippen LogP contribution is 2.19. The summed E-state index contributed by atoms with van der Waals surface area (Å²) in [4.78, 5) is 53.2. The number of H-pyrrole nitrogens is 2. The van der Waals surface area contributed by atoms with Crippen molar-refractivity contribution in [3.05, 3.63) is 68.0 Å². The summed E-state index contributed by atoms with van der Waals surface area (Å²) < 4.78 is 0. The molecular weight excluding hydrogens is 340 g/mol. The maximum Gasteiger partial charge on any atom is 0.325 e. The molecular formula is C17H18N4O5. The van der Waals surface area contributed by atoms with Gasteiger partial charge in [-0.15, -0.1) is 0 Å². The predicted molar refractivity (Wildman–Crippen MR) is 91.6 cm³/mol. The average molecular weight is 358 g/mol. The number of nitrogens with zero attached hydrogens (tertiary/aromatic N) is 1. The van der Waals surface area contributed by atoms with Crippen molar-refractivity contribution >= 4 is 11.8 Å². The summed E-state index contributed by atoms with van der Waals surface area (Å²) in [6.45, 7) is 0.256. The van der Waals surface area contributed by atoms with E-state index in [0.29, 0.717) is 19.5 Å². The summed E-state index contributed by atoms with van der Waals surface area (Å²) in [5.74, 6) is -1.29. The van der Waals surface area contributed by atoms with Crippen LogP contribution < -0.4 is 16.6 Å². The normalized spacial score (nSPS) is 14.4. The van der Waals surface area contributed by atoms with Gasteiger partial charge in [0.15, 0.2) is 0 Å². The molecule has 1 aromatic heterocycles. The largest absolute Gasteiger partial charge is 0.394 e. The third kappa shape index (κ3) is 3.57. The lowest BCUT2D eigenvalue weighted by molar-refractivity contribution is -0.135. The summed E-state index contributed by atoms with van der Waals surface area (Å²) >= 11 is 0. The number of benzene rings is 1. The Morgan fingerprint density at radius 2 is 1.96 bits per heavy atom. The number of hydrogen-bond donors (Lipinski definition) is 4. The third-order valence-corrected chi connectivity index (χ3v) is 4.29. The van der Waals surface area contributed by atoms with Gasteiger partial charge in [-0.2, -0.15) is 0 Å². The topological polar surface area (TPSA) is 135 Å². The van der Waals surface area contributed by atoms with Crippen molar-refractivity contribution in [2.24, 2.45) is 0 Å². The van der Waals surface area contributed by atoms with Crippen molar-refractivity contribution in [3.63, 3.8) is 0 Å². The quantitative estimate of drug-likeness (QED) is 0.541. The van der Waals surface area contributed by atoms with E-state index < -0.39 is 35.7 Å². The smallest absolute Gasteiger partial charge is 0.325 e. The molecule has 0 saturated carbocycles. The number of aromatic amines is 2. The van der Waals surface area contributed by atoms with Gasteiger partial charge in [0.1, 0.15) is 11.6 Å². The fourth-order valence-corrected chi connectivity index (χ4v) is 2.90. The van der Waals surface area contributed by atoms with Gasteiger partial charge < -0.3 is 20.3 Å². The second-order valence-corrected chi connectivity index (χ2v) is 5.97. The maximum absolute atomic E-state index is 12.7. The van der Waals surface area contributed by atoms with Gasteiger partial charge in [-0.05, 0) is 17.5 Å². The minimum Gasteiger partial charge on any atom is -0.394 e. The highest BCUT2D eigenvalue weighted by Gasteiger charge is 2.28. The Morgan fingerprint density at radius 3 is 2.65 bits per heavy atom. The van der Waals surface area contributed by atoms with Gasteiger partial charge in [-0.25, -0.2) is 4.79 Å². The molecule has 1 aliphatic rings. The first-order valence-electron chi connectivity index (χ1n) is 8.09. The Balaban J connectivity index is 1.72. The lowest BCUT2D eigenvalue weighted by atomic mass is 9.99. The van der Waals surface area contributed by atoms with Crippen molar-refractivity contribution in [2.45, 2.75) is 19.0 Å². The number of carbonyl (C=O) groups excluding carboxylic acids is 2. The lowest BCUT2D eigenvalue weighted by Gasteiger charge is -2.31. The second-order valence-electron chi connectivity index (χ2n) is 5.97. The van der Waals surface area contributed by atoms with E-state index in [1.807, 2.05) is 29.2 Å². The first-order chi connectivity index (χ1) is 12.5. The van der Waals surface area contributed by atoms with Crippen molar-refractivity contribution in [1.29, 1.82) is 0 Å². The molecule has 0 radical (unpaired) electrons. The number of hydrogen-bond acceptors (Lipinski definition) is 5. The number of fused-ring (bicyclic) bond motifs is 1. The zero-order valence-electron chi connectivity index (χ0n) is 13.8. The Morgan fingerprint density at radius 1 is 1.23 bits per heavy atom. The van der Waals surface area contributed by atoms with E-state index in [2.05, 4.69) is 10.3 Å². The van der Waals surface area contributed by atoms with E-state index in [9.17, 15) is 24.3 Å². The number of rotatable bonds is 4. The van der Waals surface area contributed by atoms with Crippen molar-refractivity contribution in [1.82, 2.24) is 20.2 Å². The van der Waals surface area contributed by atoms with E-state index in [0.717, 1.165) is 11.8 Å². The summed E-state index contributed by atoms with van der Waals surface area (Å²) in [5.41, 5.74) is 0.226. The fraction of sp³-hybridized carbons (Fsp3) is 0.294. The average Bonchev–Trinajstić information content (AvgIpc) is 2.65. The zero-order chi connectivity index (χ0) is 18.7. The molecule has 2 aromatic rings. The molecule has 1 aliphatic heterocycles. The first kappa shape index (κ1) is 17.6. The second kappa shape index (κ2) is 7.36. The van der Waals surface area contributed by atoms with Crippen LogP contribution >= 0.6 is 0 Å². The molecule has 3 rings (SSSR count). The molecule has 1 unspecified atom stereocenters. The van der Waals surface area contributed by atoms with Crippen LogP contribution in [0.2, 0.25) is 0 Å². The highest BCUT2D eigenvalue weighted by atomic mass is 16.3. The Bertz CT molecular complexity index is 948. The molecule has 1 atom stereocenters. The molecule has 0 spiro atoms. The van der Waals surface area contributed by atoms with E-state index in [-0.39, 0.29) is 5.56 Å². The standard InChI is InChI=1S/C17H18N4O5/c22-9-13(19-14(23)12-7-18-17(26)20-15(12)24)16(25)21-6-5-10-3-1-2-4-11(10)8-21/h1-4,7,13,22H,5-6,8-9H2,(H,19,23)(H2,18,20,24,26). The van der Waals surface area contributed by atoms with Gasteiger partial charge in [-0.3, -0.25) is 19.4 Å². The molecule has 9 nitrogen and oxygen atoms in total. The molecule has 9 heteroatoms. The van der Waals surface area contributed by atoms with Gasteiger partial charge >= 0.3 is 5.69 Å². The van der Waals surface area contributed by atoms with E-state index >= 15 is 0 Å². The molecule has 0 bridgehead atoms. The minimum atomic E-state index is -1.18. The molecule has 0 saturated heterocycles. The van der Waals surface area contributed by atoms with Crippen molar-refractivity contribution in [3.8, 4) is 0 Å². The van der Waals surface area contributed by atoms with Crippen LogP contribution in [-0.2, 0) is 17.8 Å². The molecule has 26 heavy (non-hydrogen) atoms. The van der Waals surface area contributed by atoms with Crippen LogP contribution in [0.3, 0.4) is 0 Å². The van der Waals surface area contributed by atoms with Crippen molar-refractivity contribution in [2.75, 3.05) is 13.2 Å². The van der Waals surface area contributed by atoms with Crippen LogP contribution in [0.4, 0.5) is 0 Å². The van der Waals surface area contributed by atoms with Crippen LogP contribution in [-0.4, -0.2) is 51.0 Å². The van der Waals surface area contributed by atoms with E-state index in [1.54, 1.807) is 4.90 Å². The first-order valence-corrected chi connectivity index (χ1v) is 8.09. The van der Waals surface area contributed by atoms with Crippen LogP contribution in [0.5, 0.6) is 0 Å². The van der Waals surface area contributed by atoms with Crippen LogP contribution in [0.1, 0.15) is 21.5 Å². The molecule has 2 heterocycles. The van der Waals surface area contributed by atoms with Crippen LogP contribution in [0, 0.1) is 0 Å². The summed E-state index contributed by atoms with van der Waals surface area (Å²) in [6, 6.07) is 6.58. The molecule has 1 aromatic carbocycles. The number of nitrogens with one attached hydrogen (secondary N) is 3. The minimum absolute atomic E-state index is 0.347. The fourth-order valence-electron chi connectivity index (χ4n) is 2.90. The van der Waals surface area contributed by atoms with E-state index in [4.69, 9.17) is 0 Å². The Labute approximate surface area is 147 Å². The molecule has 0 aliphatic carbocycles. The molecule has 0 fully saturated rings. The highest BCUT2D eigenvalue weighted by molar-refractivity contribution is 5.97. The molecule has 2 amide bonds. The molecule has 136 valence electrons. The monoisotopic (exact) mass is 358 g/mol. The number of aromatic nitrogens is 2. The number of amides is 2. The maximum atomic E-state index is 12.7. The third-order valence-electron chi connectivity index (χ3n) is 4.29. The predicted octanol–water partition coefficient (Wildman–Crippen LogP) is -1.26. The number of carbonyl (C=O) groups is 2. The lowest BCUT2D eigenvalue weighted by Crippen LogP contribution is -2.52. The van der Waals surface area contributed by atoms with Crippen LogP contribution in [0.25, 0.3) is 0 Å². The SMILES string of the molecule is O=C(NC(CO)C(=O)N1CCc2ccccc2C1)c1c[nH]c(=O)[nH]c1=O. The summed E-state index contributed by atoms with van der Waals surface area (Å²) in [7, 11) is 0. The molecule has 4 N–H and O–H groups in total.